The molecular formula is C16H20N2. The molecule has 1 aliphatic rings. The van der Waals surface area contributed by atoms with Crippen LogP contribution in [0, 0.1) is 11.3 Å². The first-order valence-electron chi connectivity index (χ1n) is 6.77. The smallest absolute Gasteiger partial charge is 0.0961 e. The van der Waals surface area contributed by atoms with E-state index in [9.17, 15) is 0 Å². The fourth-order valence-corrected chi connectivity index (χ4v) is 2.43. The summed E-state index contributed by atoms with van der Waals surface area (Å²) < 4.78 is 0. The zero-order valence-corrected chi connectivity index (χ0v) is 10.7. The van der Waals surface area contributed by atoms with E-state index in [-0.39, 0.29) is 0 Å². The summed E-state index contributed by atoms with van der Waals surface area (Å²) in [4.78, 5) is 0. The van der Waals surface area contributed by atoms with E-state index in [1.807, 2.05) is 36.4 Å². The fourth-order valence-electron chi connectivity index (χ4n) is 2.43. The molecule has 18 heavy (non-hydrogen) atoms. The predicted octanol–water partition coefficient (Wildman–Crippen LogP) is 3.52. The summed E-state index contributed by atoms with van der Waals surface area (Å²) in [5, 5.41) is 12.7. The molecule has 1 saturated carbocycles. The van der Waals surface area contributed by atoms with Crippen molar-refractivity contribution in [2.75, 3.05) is 6.54 Å². The Balaban J connectivity index is 1.89. The van der Waals surface area contributed by atoms with E-state index in [2.05, 4.69) is 11.4 Å². The lowest BCUT2D eigenvalue weighted by molar-refractivity contribution is 0.384. The van der Waals surface area contributed by atoms with Crippen molar-refractivity contribution in [2.24, 2.45) is 0 Å². The summed E-state index contributed by atoms with van der Waals surface area (Å²) in [6.45, 7) is 0.691. The first-order chi connectivity index (χ1) is 8.88. The van der Waals surface area contributed by atoms with Crippen molar-refractivity contribution in [3.63, 3.8) is 0 Å². The lowest BCUT2D eigenvalue weighted by Crippen LogP contribution is -2.32. The number of hydrogen-bond donors (Lipinski definition) is 1. The maximum Gasteiger partial charge on any atom is 0.0961 e. The lowest BCUT2D eigenvalue weighted by Gasteiger charge is -2.22. The number of rotatable bonds is 4. The molecule has 0 radical (unpaired) electrons. The predicted molar refractivity (Wildman–Crippen MR) is 74.9 cm³/mol. The molecule has 1 N–H and O–H groups in total. The van der Waals surface area contributed by atoms with Gasteiger partial charge in [0, 0.05) is 18.2 Å². The van der Waals surface area contributed by atoms with Gasteiger partial charge in [0.25, 0.3) is 0 Å². The summed E-state index contributed by atoms with van der Waals surface area (Å²) in [7, 11) is 0. The standard InChI is InChI=1S/C16H20N2/c17-12-15(11-14-7-3-1-4-8-14)13-18-16-9-5-2-6-10-16/h1,3-4,7-8,11,16,18H,2,5-6,9-10,13H2/b15-11+. The van der Waals surface area contributed by atoms with Crippen LogP contribution in [0.3, 0.4) is 0 Å². The van der Waals surface area contributed by atoms with Gasteiger partial charge in [0.2, 0.25) is 0 Å². The van der Waals surface area contributed by atoms with Gasteiger partial charge in [-0.15, -0.1) is 0 Å². The fraction of sp³-hybridized carbons (Fsp3) is 0.438. The van der Waals surface area contributed by atoms with Gasteiger partial charge in [-0.1, -0.05) is 49.6 Å². The van der Waals surface area contributed by atoms with Gasteiger partial charge in [-0.05, 0) is 24.5 Å². The number of benzene rings is 1. The van der Waals surface area contributed by atoms with Crippen molar-refractivity contribution in [2.45, 2.75) is 38.1 Å². The van der Waals surface area contributed by atoms with Crippen molar-refractivity contribution in [1.82, 2.24) is 5.32 Å². The molecular weight excluding hydrogens is 220 g/mol. The monoisotopic (exact) mass is 240 g/mol. The zero-order chi connectivity index (χ0) is 12.6. The summed E-state index contributed by atoms with van der Waals surface area (Å²) in [6.07, 6.45) is 8.48. The van der Waals surface area contributed by atoms with Crippen LogP contribution in [0.15, 0.2) is 35.9 Å². The van der Waals surface area contributed by atoms with Crippen LogP contribution in [0.25, 0.3) is 6.08 Å². The van der Waals surface area contributed by atoms with Crippen LogP contribution in [0.4, 0.5) is 0 Å². The second-order valence-electron chi connectivity index (χ2n) is 4.91. The highest BCUT2D eigenvalue weighted by atomic mass is 14.9. The molecule has 0 saturated heterocycles. The quantitative estimate of drug-likeness (QED) is 0.817. The molecule has 0 unspecified atom stereocenters. The third-order valence-corrected chi connectivity index (χ3v) is 3.47. The molecule has 1 fully saturated rings. The molecule has 2 heteroatoms. The second-order valence-corrected chi connectivity index (χ2v) is 4.91. The summed E-state index contributed by atoms with van der Waals surface area (Å²) in [5.74, 6) is 0. The Labute approximate surface area is 109 Å². The van der Waals surface area contributed by atoms with Gasteiger partial charge in [-0.3, -0.25) is 0 Å². The average molecular weight is 240 g/mol. The molecule has 0 bridgehead atoms. The molecule has 0 aliphatic heterocycles. The Morgan fingerprint density at radius 1 is 1.22 bits per heavy atom. The molecule has 1 aromatic rings. The Hall–Kier alpha value is -1.59. The molecule has 2 rings (SSSR count). The second kappa shape index (κ2) is 6.98. The molecule has 0 aromatic heterocycles. The number of nitriles is 1. The van der Waals surface area contributed by atoms with Crippen LogP contribution in [0.2, 0.25) is 0 Å². The van der Waals surface area contributed by atoms with Crippen molar-refractivity contribution >= 4 is 6.08 Å². The average Bonchev–Trinajstić information content (AvgIpc) is 2.45. The highest BCUT2D eigenvalue weighted by Crippen LogP contribution is 2.17. The number of nitrogens with one attached hydrogen (secondary N) is 1. The van der Waals surface area contributed by atoms with Crippen LogP contribution < -0.4 is 5.32 Å². The minimum Gasteiger partial charge on any atom is -0.309 e. The van der Waals surface area contributed by atoms with Gasteiger partial charge < -0.3 is 5.32 Å². The highest BCUT2D eigenvalue weighted by Gasteiger charge is 2.12. The number of hydrogen-bond acceptors (Lipinski definition) is 2. The Bertz CT molecular complexity index is 422. The normalized spacial score (nSPS) is 17.4. The van der Waals surface area contributed by atoms with E-state index in [0.29, 0.717) is 12.6 Å². The van der Waals surface area contributed by atoms with Crippen LogP contribution in [0.1, 0.15) is 37.7 Å². The Kier molecular flexibility index (Phi) is 4.99. The maximum atomic E-state index is 9.16. The lowest BCUT2D eigenvalue weighted by atomic mass is 9.95. The third kappa shape index (κ3) is 4.01. The SMILES string of the molecule is N#C/C(=C\c1ccccc1)CNC1CCCCC1. The largest absolute Gasteiger partial charge is 0.309 e. The third-order valence-electron chi connectivity index (χ3n) is 3.47. The maximum absolute atomic E-state index is 9.16. The highest BCUT2D eigenvalue weighted by molar-refractivity contribution is 5.57. The first-order valence-corrected chi connectivity index (χ1v) is 6.77. The summed E-state index contributed by atoms with van der Waals surface area (Å²) in [5.41, 5.74) is 1.91. The van der Waals surface area contributed by atoms with Gasteiger partial charge in [0.15, 0.2) is 0 Å². The molecule has 94 valence electrons. The summed E-state index contributed by atoms with van der Waals surface area (Å²) in [6, 6.07) is 12.9. The van der Waals surface area contributed by atoms with Gasteiger partial charge in [-0.2, -0.15) is 5.26 Å². The van der Waals surface area contributed by atoms with Crippen molar-refractivity contribution in [3.05, 3.63) is 41.5 Å². The van der Waals surface area contributed by atoms with Gasteiger partial charge in [0.1, 0.15) is 0 Å². The Morgan fingerprint density at radius 3 is 2.61 bits per heavy atom. The molecule has 0 atom stereocenters. The van der Waals surface area contributed by atoms with E-state index in [4.69, 9.17) is 5.26 Å². The summed E-state index contributed by atoms with van der Waals surface area (Å²) >= 11 is 0. The molecule has 0 spiro atoms. The zero-order valence-electron chi connectivity index (χ0n) is 10.7. The Morgan fingerprint density at radius 2 is 1.94 bits per heavy atom. The van der Waals surface area contributed by atoms with Crippen molar-refractivity contribution in [3.8, 4) is 6.07 Å². The van der Waals surface area contributed by atoms with E-state index in [1.54, 1.807) is 0 Å². The van der Waals surface area contributed by atoms with E-state index >= 15 is 0 Å². The first kappa shape index (κ1) is 12.9. The number of nitrogens with zero attached hydrogens (tertiary/aromatic N) is 1. The van der Waals surface area contributed by atoms with E-state index < -0.39 is 0 Å². The molecule has 1 aromatic carbocycles. The topological polar surface area (TPSA) is 35.8 Å². The van der Waals surface area contributed by atoms with E-state index in [0.717, 1.165) is 11.1 Å². The van der Waals surface area contributed by atoms with Crippen LogP contribution in [0.5, 0.6) is 0 Å². The van der Waals surface area contributed by atoms with Gasteiger partial charge >= 0.3 is 0 Å². The van der Waals surface area contributed by atoms with Gasteiger partial charge in [-0.25, -0.2) is 0 Å². The van der Waals surface area contributed by atoms with Crippen molar-refractivity contribution in [1.29, 1.82) is 5.26 Å². The molecule has 0 amide bonds. The van der Waals surface area contributed by atoms with Crippen molar-refractivity contribution < 1.29 is 0 Å². The minimum absolute atomic E-state index is 0.603. The molecule has 2 nitrogen and oxygen atoms in total. The van der Waals surface area contributed by atoms with E-state index in [1.165, 1.54) is 32.1 Å². The van der Waals surface area contributed by atoms with Crippen LogP contribution >= 0.6 is 0 Å². The molecule has 0 heterocycles. The minimum atomic E-state index is 0.603. The van der Waals surface area contributed by atoms with Crippen LogP contribution in [-0.4, -0.2) is 12.6 Å². The molecule has 1 aliphatic carbocycles. The van der Waals surface area contributed by atoms with Crippen LogP contribution in [-0.2, 0) is 0 Å². The van der Waals surface area contributed by atoms with Gasteiger partial charge in [0.05, 0.1) is 6.07 Å².